The molecule has 0 radical (unpaired) electrons. The molecule has 0 spiro atoms. The van der Waals surface area contributed by atoms with Crippen LogP contribution in [0.3, 0.4) is 0 Å². The molecule has 100 valence electrons. The third kappa shape index (κ3) is 4.66. The summed E-state index contributed by atoms with van der Waals surface area (Å²) in [5, 5.41) is 3.27. The normalized spacial score (nSPS) is 19.7. The summed E-state index contributed by atoms with van der Waals surface area (Å²) >= 11 is 0. The Kier molecular flexibility index (Phi) is 5.96. The molecule has 1 amide bonds. The van der Waals surface area contributed by atoms with Gasteiger partial charge in [-0.3, -0.25) is 4.79 Å². The minimum absolute atomic E-state index is 0.261. The fourth-order valence-electron chi connectivity index (χ4n) is 2.37. The van der Waals surface area contributed by atoms with Crippen LogP contribution in [0.25, 0.3) is 0 Å². The quantitative estimate of drug-likeness (QED) is 0.694. The van der Waals surface area contributed by atoms with E-state index >= 15 is 0 Å². The van der Waals surface area contributed by atoms with Crippen LogP contribution < -0.4 is 5.32 Å². The van der Waals surface area contributed by atoms with E-state index in [1.54, 1.807) is 0 Å². The maximum absolute atomic E-state index is 12.1. The number of unbranched alkanes of at least 4 members (excludes halogenated alkanes) is 5. The molecule has 0 bridgehead atoms. The molecule has 0 aromatic heterocycles. The topological polar surface area (TPSA) is 32.3 Å². The van der Waals surface area contributed by atoms with Crippen LogP contribution in [0.5, 0.6) is 0 Å². The number of nitrogens with one attached hydrogen (secondary N) is 1. The minimum Gasteiger partial charge on any atom is -0.340 e. The summed E-state index contributed by atoms with van der Waals surface area (Å²) in [5.41, 5.74) is -0.361. The Balaban J connectivity index is 2.16. The molecule has 1 aliphatic rings. The Morgan fingerprint density at radius 2 is 1.82 bits per heavy atom. The van der Waals surface area contributed by atoms with Gasteiger partial charge in [-0.1, -0.05) is 39.0 Å². The van der Waals surface area contributed by atoms with Crippen molar-refractivity contribution in [1.29, 1.82) is 0 Å². The molecule has 1 rings (SSSR count). The zero-order valence-corrected chi connectivity index (χ0v) is 11.7. The van der Waals surface area contributed by atoms with E-state index < -0.39 is 0 Å². The van der Waals surface area contributed by atoms with Crippen molar-refractivity contribution in [1.82, 2.24) is 10.2 Å². The summed E-state index contributed by atoms with van der Waals surface area (Å²) in [6.45, 7) is 8.93. The molecule has 0 aromatic carbocycles. The molecular weight excluding hydrogens is 212 g/mol. The van der Waals surface area contributed by atoms with Crippen molar-refractivity contribution in [2.24, 2.45) is 0 Å². The van der Waals surface area contributed by atoms with Crippen molar-refractivity contribution in [2.75, 3.05) is 19.6 Å². The summed E-state index contributed by atoms with van der Waals surface area (Å²) in [4.78, 5) is 14.1. The number of hydrogen-bond donors (Lipinski definition) is 1. The number of nitrogens with zero attached hydrogens (tertiary/aromatic N) is 1. The molecule has 1 heterocycles. The van der Waals surface area contributed by atoms with Crippen LogP contribution in [0.1, 0.15) is 59.3 Å². The van der Waals surface area contributed by atoms with Crippen LogP contribution in [0.2, 0.25) is 0 Å². The largest absolute Gasteiger partial charge is 0.340 e. The monoisotopic (exact) mass is 240 g/mol. The van der Waals surface area contributed by atoms with E-state index in [2.05, 4.69) is 12.2 Å². The SMILES string of the molecule is CCCCCCCCN1CCNC(C)(C)C1=O. The number of carbonyl (C=O) groups is 1. The first-order valence-electron chi connectivity index (χ1n) is 7.12. The van der Waals surface area contributed by atoms with Gasteiger partial charge in [0, 0.05) is 19.6 Å². The first-order valence-corrected chi connectivity index (χ1v) is 7.12. The van der Waals surface area contributed by atoms with E-state index in [0.717, 1.165) is 26.1 Å². The van der Waals surface area contributed by atoms with Crippen LogP contribution in [0.15, 0.2) is 0 Å². The second-order valence-electron chi connectivity index (χ2n) is 5.61. The van der Waals surface area contributed by atoms with E-state index in [9.17, 15) is 4.79 Å². The summed E-state index contributed by atoms with van der Waals surface area (Å²) in [6, 6.07) is 0. The lowest BCUT2D eigenvalue weighted by atomic mass is 10.0. The average Bonchev–Trinajstić information content (AvgIpc) is 2.29. The number of hydrogen-bond acceptors (Lipinski definition) is 2. The Morgan fingerprint density at radius 1 is 1.18 bits per heavy atom. The Morgan fingerprint density at radius 3 is 2.53 bits per heavy atom. The molecule has 17 heavy (non-hydrogen) atoms. The van der Waals surface area contributed by atoms with Gasteiger partial charge in [0.05, 0.1) is 5.54 Å². The summed E-state index contributed by atoms with van der Waals surface area (Å²) in [7, 11) is 0. The van der Waals surface area contributed by atoms with Crippen molar-refractivity contribution in [2.45, 2.75) is 64.8 Å². The Bertz CT molecular complexity index is 238. The third-order valence-corrected chi connectivity index (χ3v) is 3.55. The van der Waals surface area contributed by atoms with Gasteiger partial charge in [0.25, 0.3) is 0 Å². The predicted molar refractivity (Wildman–Crippen MR) is 72.0 cm³/mol. The summed E-state index contributed by atoms with van der Waals surface area (Å²) in [5.74, 6) is 0.261. The number of rotatable bonds is 7. The minimum atomic E-state index is -0.361. The van der Waals surface area contributed by atoms with E-state index in [4.69, 9.17) is 0 Å². The second kappa shape index (κ2) is 7.00. The molecule has 3 nitrogen and oxygen atoms in total. The molecule has 1 aliphatic heterocycles. The maximum Gasteiger partial charge on any atom is 0.242 e. The van der Waals surface area contributed by atoms with Gasteiger partial charge in [0.15, 0.2) is 0 Å². The lowest BCUT2D eigenvalue weighted by Gasteiger charge is -2.38. The highest BCUT2D eigenvalue weighted by Gasteiger charge is 2.34. The Labute approximate surface area is 106 Å². The van der Waals surface area contributed by atoms with Crippen molar-refractivity contribution >= 4 is 5.91 Å². The smallest absolute Gasteiger partial charge is 0.242 e. The zero-order valence-electron chi connectivity index (χ0n) is 11.7. The molecule has 0 saturated carbocycles. The van der Waals surface area contributed by atoms with Gasteiger partial charge >= 0.3 is 0 Å². The van der Waals surface area contributed by atoms with E-state index in [1.807, 2.05) is 18.7 Å². The molecule has 1 fully saturated rings. The van der Waals surface area contributed by atoms with Gasteiger partial charge in [0.2, 0.25) is 5.91 Å². The van der Waals surface area contributed by atoms with Gasteiger partial charge in [-0.15, -0.1) is 0 Å². The standard InChI is InChI=1S/C14H28N2O/c1-4-5-6-7-8-9-11-16-12-10-15-14(2,3)13(16)17/h15H,4-12H2,1-3H3. The summed E-state index contributed by atoms with van der Waals surface area (Å²) < 4.78 is 0. The van der Waals surface area contributed by atoms with Crippen molar-refractivity contribution in [3.8, 4) is 0 Å². The van der Waals surface area contributed by atoms with Crippen LogP contribution in [-0.2, 0) is 4.79 Å². The van der Waals surface area contributed by atoms with E-state index in [0.29, 0.717) is 0 Å². The van der Waals surface area contributed by atoms with Crippen molar-refractivity contribution in [3.63, 3.8) is 0 Å². The molecule has 0 aromatic rings. The maximum atomic E-state index is 12.1. The Hall–Kier alpha value is -0.570. The molecule has 3 heteroatoms. The van der Waals surface area contributed by atoms with Gasteiger partial charge in [0.1, 0.15) is 0 Å². The number of carbonyl (C=O) groups excluding carboxylic acids is 1. The molecular formula is C14H28N2O. The van der Waals surface area contributed by atoms with Crippen LogP contribution in [0, 0.1) is 0 Å². The van der Waals surface area contributed by atoms with Crippen molar-refractivity contribution < 1.29 is 4.79 Å². The molecule has 1 N–H and O–H groups in total. The molecule has 0 atom stereocenters. The average molecular weight is 240 g/mol. The fraction of sp³-hybridized carbons (Fsp3) is 0.929. The molecule has 0 unspecified atom stereocenters. The highest BCUT2D eigenvalue weighted by molar-refractivity contribution is 5.86. The predicted octanol–water partition coefficient (Wildman–Crippen LogP) is 2.56. The first kappa shape index (κ1) is 14.5. The van der Waals surface area contributed by atoms with Gasteiger partial charge in [-0.2, -0.15) is 0 Å². The van der Waals surface area contributed by atoms with Gasteiger partial charge in [-0.05, 0) is 20.3 Å². The fourth-order valence-corrected chi connectivity index (χ4v) is 2.37. The first-order chi connectivity index (χ1) is 8.08. The molecule has 0 aliphatic carbocycles. The van der Waals surface area contributed by atoms with Crippen LogP contribution >= 0.6 is 0 Å². The van der Waals surface area contributed by atoms with Crippen LogP contribution in [0.4, 0.5) is 0 Å². The third-order valence-electron chi connectivity index (χ3n) is 3.55. The van der Waals surface area contributed by atoms with E-state index in [1.165, 1.54) is 32.1 Å². The van der Waals surface area contributed by atoms with E-state index in [-0.39, 0.29) is 11.4 Å². The lowest BCUT2D eigenvalue weighted by molar-refractivity contribution is -0.139. The number of amides is 1. The highest BCUT2D eigenvalue weighted by Crippen LogP contribution is 2.13. The van der Waals surface area contributed by atoms with Crippen LogP contribution in [-0.4, -0.2) is 36.0 Å². The second-order valence-corrected chi connectivity index (χ2v) is 5.61. The highest BCUT2D eigenvalue weighted by atomic mass is 16.2. The van der Waals surface area contributed by atoms with Gasteiger partial charge in [-0.25, -0.2) is 0 Å². The van der Waals surface area contributed by atoms with Gasteiger partial charge < -0.3 is 10.2 Å². The lowest BCUT2D eigenvalue weighted by Crippen LogP contribution is -2.61. The zero-order chi connectivity index (χ0) is 12.7. The summed E-state index contributed by atoms with van der Waals surface area (Å²) in [6.07, 6.45) is 7.72. The van der Waals surface area contributed by atoms with Crippen molar-refractivity contribution in [3.05, 3.63) is 0 Å². The number of piperazine rings is 1. The molecule has 1 saturated heterocycles.